The Kier molecular flexibility index (Phi) is 9.26. The number of rotatable bonds is 11. The number of hydrogen-bond donors (Lipinski definition) is 1. The van der Waals surface area contributed by atoms with E-state index >= 15 is 0 Å². The molecule has 34 heavy (non-hydrogen) atoms. The number of fused-ring (bicyclic) bond motifs is 1. The van der Waals surface area contributed by atoms with Gasteiger partial charge in [0.05, 0.1) is 17.8 Å². The molecule has 0 fully saturated rings. The molecule has 0 saturated carbocycles. The van der Waals surface area contributed by atoms with E-state index in [1.807, 2.05) is 30.3 Å². The fourth-order valence-electron chi connectivity index (χ4n) is 3.84. The lowest BCUT2D eigenvalue weighted by Gasteiger charge is -2.17. The van der Waals surface area contributed by atoms with Crippen LogP contribution in [-0.4, -0.2) is 23.9 Å². The molecular formula is C27H30FN3O3. The number of hydrogen-bond acceptors (Lipinski definition) is 4. The highest BCUT2D eigenvalue weighted by Crippen LogP contribution is 2.24. The Balaban J connectivity index is 1.72. The summed E-state index contributed by atoms with van der Waals surface area (Å²) in [7, 11) is 0. The van der Waals surface area contributed by atoms with E-state index in [1.54, 1.807) is 6.07 Å². The number of imide groups is 1. The fourth-order valence-corrected chi connectivity index (χ4v) is 3.84. The minimum atomic E-state index is -0.653. The number of hydrazone groups is 1. The quantitative estimate of drug-likeness (QED) is 0.294. The van der Waals surface area contributed by atoms with E-state index in [1.165, 1.54) is 12.1 Å². The lowest BCUT2D eigenvalue weighted by molar-refractivity contribution is -0.122. The lowest BCUT2D eigenvalue weighted by Crippen LogP contribution is -2.30. The second-order valence-corrected chi connectivity index (χ2v) is 8.26. The molecule has 0 aliphatic carbocycles. The Morgan fingerprint density at radius 2 is 1.91 bits per heavy atom. The number of carbonyl (C=O) groups is 3. The molecule has 1 N–H and O–H groups in total. The Morgan fingerprint density at radius 1 is 1.15 bits per heavy atom. The van der Waals surface area contributed by atoms with Crippen LogP contribution in [0.15, 0.2) is 59.7 Å². The van der Waals surface area contributed by atoms with Crippen molar-refractivity contribution in [3.63, 3.8) is 0 Å². The number of benzene rings is 2. The number of amides is 3. The fraction of sp³-hybridized carbons (Fsp3) is 0.333. The van der Waals surface area contributed by atoms with Crippen LogP contribution in [-0.2, 0) is 27.2 Å². The van der Waals surface area contributed by atoms with Crippen molar-refractivity contribution in [3.05, 3.63) is 77.1 Å². The van der Waals surface area contributed by atoms with Crippen molar-refractivity contribution in [1.82, 2.24) is 5.43 Å². The predicted octanol–water partition coefficient (Wildman–Crippen LogP) is 4.85. The molecule has 3 rings (SSSR count). The molecule has 1 aliphatic heterocycles. The minimum Gasteiger partial charge on any atom is -0.278 e. The first-order valence-electron chi connectivity index (χ1n) is 11.7. The van der Waals surface area contributed by atoms with Crippen molar-refractivity contribution >= 4 is 29.6 Å². The van der Waals surface area contributed by atoms with Crippen molar-refractivity contribution < 1.29 is 18.8 Å². The zero-order valence-electron chi connectivity index (χ0n) is 19.4. The third-order valence-corrected chi connectivity index (χ3v) is 5.66. The Morgan fingerprint density at radius 3 is 2.68 bits per heavy atom. The topological polar surface area (TPSA) is 78.8 Å². The first kappa shape index (κ1) is 25.0. The van der Waals surface area contributed by atoms with Gasteiger partial charge in [0.2, 0.25) is 18.2 Å². The molecule has 2 aromatic rings. The summed E-state index contributed by atoms with van der Waals surface area (Å²) in [6.45, 7) is 2.13. The summed E-state index contributed by atoms with van der Waals surface area (Å²) in [5, 5.41) is 4.24. The molecule has 0 saturated heterocycles. The van der Waals surface area contributed by atoms with Gasteiger partial charge in [0.1, 0.15) is 5.82 Å². The summed E-state index contributed by atoms with van der Waals surface area (Å²) in [4.78, 5) is 37.1. The molecule has 1 aliphatic rings. The molecular weight excluding hydrogens is 433 g/mol. The van der Waals surface area contributed by atoms with Gasteiger partial charge in [0, 0.05) is 18.4 Å². The number of anilines is 1. The number of halogens is 1. The van der Waals surface area contributed by atoms with Crippen LogP contribution < -0.4 is 10.3 Å². The Hall–Kier alpha value is -3.61. The normalized spacial score (nSPS) is 13.1. The third kappa shape index (κ3) is 6.70. The van der Waals surface area contributed by atoms with Crippen LogP contribution in [0.3, 0.4) is 0 Å². The average molecular weight is 464 g/mol. The molecule has 0 spiro atoms. The lowest BCUT2D eigenvalue weighted by atomic mass is 9.96. The second kappa shape index (κ2) is 12.6. The van der Waals surface area contributed by atoms with Crippen molar-refractivity contribution in [2.75, 3.05) is 4.90 Å². The van der Waals surface area contributed by atoms with E-state index in [4.69, 9.17) is 0 Å². The van der Waals surface area contributed by atoms with Gasteiger partial charge in [-0.25, -0.2) is 9.82 Å². The van der Waals surface area contributed by atoms with Gasteiger partial charge in [0.15, 0.2) is 0 Å². The highest BCUT2D eigenvalue weighted by molar-refractivity contribution is 6.08. The van der Waals surface area contributed by atoms with E-state index in [9.17, 15) is 18.8 Å². The van der Waals surface area contributed by atoms with Crippen LogP contribution in [0.2, 0.25) is 0 Å². The standard InChI is InChI=1S/C27H30FN3O3/c1-2-3-4-5-6-7-8-13-27(34)31(19-32)25-17-20(14-15-23(25)28)16-24-22-12-10-9-11-21(22)18-26(33)30-29-24/h5-6,9-12,14-15,17,19H,2-4,7-8,13,16,18H2,1H3,(H,30,33)/b6-5+. The van der Waals surface area contributed by atoms with Crippen LogP contribution >= 0.6 is 0 Å². The molecule has 0 radical (unpaired) electrons. The zero-order chi connectivity index (χ0) is 24.3. The van der Waals surface area contributed by atoms with E-state index in [0.29, 0.717) is 30.5 Å². The van der Waals surface area contributed by atoms with E-state index in [-0.39, 0.29) is 24.4 Å². The van der Waals surface area contributed by atoms with Gasteiger partial charge in [-0.05, 0) is 42.5 Å². The van der Waals surface area contributed by atoms with Gasteiger partial charge >= 0.3 is 0 Å². The minimum absolute atomic E-state index is 0.0810. The summed E-state index contributed by atoms with van der Waals surface area (Å²) < 4.78 is 14.6. The molecule has 178 valence electrons. The van der Waals surface area contributed by atoms with Crippen molar-refractivity contribution in [2.24, 2.45) is 5.10 Å². The molecule has 7 heteroatoms. The van der Waals surface area contributed by atoms with E-state index < -0.39 is 11.7 Å². The number of nitrogens with one attached hydrogen (secondary N) is 1. The average Bonchev–Trinajstić information content (AvgIpc) is 2.99. The monoisotopic (exact) mass is 463 g/mol. The number of carbonyl (C=O) groups excluding carboxylic acids is 3. The van der Waals surface area contributed by atoms with Crippen molar-refractivity contribution in [1.29, 1.82) is 0 Å². The smallest absolute Gasteiger partial charge is 0.244 e. The van der Waals surface area contributed by atoms with Crippen LogP contribution in [0, 0.1) is 5.82 Å². The highest BCUT2D eigenvalue weighted by Gasteiger charge is 2.21. The van der Waals surface area contributed by atoms with Crippen molar-refractivity contribution in [3.8, 4) is 0 Å². The summed E-state index contributed by atoms with van der Waals surface area (Å²) in [6.07, 6.45) is 9.77. The largest absolute Gasteiger partial charge is 0.278 e. The van der Waals surface area contributed by atoms with Gasteiger partial charge < -0.3 is 0 Å². The van der Waals surface area contributed by atoms with Crippen LogP contribution in [0.25, 0.3) is 0 Å². The van der Waals surface area contributed by atoms with Gasteiger partial charge in [-0.15, -0.1) is 0 Å². The molecule has 0 atom stereocenters. The summed E-state index contributed by atoms with van der Waals surface area (Å²) in [5.74, 6) is -1.31. The number of unbranched alkanes of at least 4 members (excludes halogenated alkanes) is 3. The molecule has 2 aromatic carbocycles. The first-order valence-corrected chi connectivity index (χ1v) is 11.7. The second-order valence-electron chi connectivity index (χ2n) is 8.26. The maximum atomic E-state index is 14.6. The van der Waals surface area contributed by atoms with E-state index in [0.717, 1.165) is 41.7 Å². The highest BCUT2D eigenvalue weighted by atomic mass is 19.1. The van der Waals surface area contributed by atoms with Crippen molar-refractivity contribution in [2.45, 2.75) is 58.3 Å². The van der Waals surface area contributed by atoms with Gasteiger partial charge in [-0.1, -0.05) is 62.2 Å². The van der Waals surface area contributed by atoms with E-state index in [2.05, 4.69) is 23.5 Å². The third-order valence-electron chi connectivity index (χ3n) is 5.66. The molecule has 6 nitrogen and oxygen atoms in total. The van der Waals surface area contributed by atoms with Crippen LogP contribution in [0.4, 0.5) is 10.1 Å². The molecule has 0 bridgehead atoms. The Labute approximate surface area is 199 Å². The maximum absolute atomic E-state index is 14.6. The summed E-state index contributed by atoms with van der Waals surface area (Å²) >= 11 is 0. The van der Waals surface area contributed by atoms with Gasteiger partial charge in [-0.2, -0.15) is 5.10 Å². The van der Waals surface area contributed by atoms with Crippen LogP contribution in [0.5, 0.6) is 0 Å². The van der Waals surface area contributed by atoms with Crippen LogP contribution in [0.1, 0.15) is 62.1 Å². The number of nitrogens with zero attached hydrogens (tertiary/aromatic N) is 2. The summed E-state index contributed by atoms with van der Waals surface area (Å²) in [5.41, 5.74) is 5.43. The molecule has 0 aromatic heterocycles. The number of allylic oxidation sites excluding steroid dienone is 2. The molecule has 3 amide bonds. The van der Waals surface area contributed by atoms with Gasteiger partial charge in [-0.3, -0.25) is 19.3 Å². The molecule has 1 heterocycles. The zero-order valence-corrected chi connectivity index (χ0v) is 19.4. The SMILES string of the molecule is CCCC/C=C/CCCC(=O)N(C=O)c1cc(CC2=NNC(=O)Cc3ccccc32)ccc1F. The Bertz CT molecular complexity index is 1090. The maximum Gasteiger partial charge on any atom is 0.244 e. The summed E-state index contributed by atoms with van der Waals surface area (Å²) in [6, 6.07) is 11.8. The molecule has 0 unspecified atom stereocenters. The first-order chi connectivity index (χ1) is 16.5. The van der Waals surface area contributed by atoms with Gasteiger partial charge in [0.25, 0.3) is 0 Å². The predicted molar refractivity (Wildman–Crippen MR) is 131 cm³/mol.